The average molecular weight is 420 g/mol. The molecule has 1 amide bonds. The first-order valence-corrected chi connectivity index (χ1v) is 10.3. The number of furan rings is 1. The number of aromatic nitrogens is 1. The van der Waals surface area contributed by atoms with Gasteiger partial charge in [0.2, 0.25) is 0 Å². The molecule has 0 spiro atoms. The molecule has 1 aromatic carbocycles. The van der Waals surface area contributed by atoms with Gasteiger partial charge in [-0.2, -0.15) is 0 Å². The summed E-state index contributed by atoms with van der Waals surface area (Å²) >= 11 is 0. The summed E-state index contributed by atoms with van der Waals surface area (Å²) in [7, 11) is 0. The van der Waals surface area contributed by atoms with Crippen molar-refractivity contribution in [2.24, 2.45) is 0 Å². The summed E-state index contributed by atoms with van der Waals surface area (Å²) in [5.41, 5.74) is 2.31. The molecular weight excluding hydrogens is 396 g/mol. The summed E-state index contributed by atoms with van der Waals surface area (Å²) in [5.74, 6) is 0.0842. The third kappa shape index (κ3) is 4.77. The van der Waals surface area contributed by atoms with Gasteiger partial charge in [0.05, 0.1) is 12.8 Å². The van der Waals surface area contributed by atoms with E-state index in [1.165, 1.54) is 0 Å². The Bertz CT molecular complexity index is 1070. The van der Waals surface area contributed by atoms with Crippen molar-refractivity contribution >= 4 is 11.9 Å². The molecule has 0 atom stereocenters. The second-order valence-corrected chi connectivity index (χ2v) is 7.41. The van der Waals surface area contributed by atoms with E-state index in [4.69, 9.17) is 13.7 Å². The first-order valence-electron chi connectivity index (χ1n) is 10.3. The largest absolute Gasteiger partial charge is 0.467 e. The Kier molecular flexibility index (Phi) is 6.31. The molecular formula is C24H24N2O5. The van der Waals surface area contributed by atoms with E-state index in [-0.39, 0.29) is 18.1 Å². The molecule has 0 fully saturated rings. The predicted molar refractivity (Wildman–Crippen MR) is 113 cm³/mol. The number of aryl methyl sites for hydroxylation is 1. The van der Waals surface area contributed by atoms with Gasteiger partial charge in [0.15, 0.2) is 6.61 Å². The molecule has 31 heavy (non-hydrogen) atoms. The van der Waals surface area contributed by atoms with Gasteiger partial charge >= 0.3 is 5.97 Å². The van der Waals surface area contributed by atoms with Crippen LogP contribution < -0.4 is 0 Å². The van der Waals surface area contributed by atoms with E-state index in [0.29, 0.717) is 23.8 Å². The van der Waals surface area contributed by atoms with Crippen LogP contribution in [0.2, 0.25) is 0 Å². The van der Waals surface area contributed by atoms with Crippen LogP contribution in [0.3, 0.4) is 0 Å². The molecule has 1 aliphatic carbocycles. The number of esters is 1. The number of amides is 1. The van der Waals surface area contributed by atoms with Gasteiger partial charge in [0, 0.05) is 11.3 Å². The Morgan fingerprint density at radius 2 is 1.97 bits per heavy atom. The van der Waals surface area contributed by atoms with Gasteiger partial charge in [0.25, 0.3) is 5.91 Å². The van der Waals surface area contributed by atoms with E-state index in [0.717, 1.165) is 36.9 Å². The van der Waals surface area contributed by atoms with E-state index in [1.54, 1.807) is 24.2 Å². The molecule has 0 aliphatic heterocycles. The van der Waals surface area contributed by atoms with Crippen LogP contribution in [0.4, 0.5) is 0 Å². The maximum Gasteiger partial charge on any atom is 0.344 e. The quantitative estimate of drug-likeness (QED) is 0.506. The van der Waals surface area contributed by atoms with Crippen molar-refractivity contribution in [3.63, 3.8) is 0 Å². The van der Waals surface area contributed by atoms with Gasteiger partial charge in [-0.05, 0) is 44.7 Å². The molecule has 0 bridgehead atoms. The maximum atomic E-state index is 13.0. The normalized spacial score (nSPS) is 13.5. The Labute approximate surface area is 180 Å². The Morgan fingerprint density at radius 3 is 2.68 bits per heavy atom. The molecule has 0 unspecified atom stereocenters. The lowest BCUT2D eigenvalue weighted by Crippen LogP contribution is -2.34. The van der Waals surface area contributed by atoms with Crippen LogP contribution in [0.15, 0.2) is 69.4 Å². The fourth-order valence-corrected chi connectivity index (χ4v) is 3.66. The topological polar surface area (TPSA) is 85.8 Å². The molecule has 7 heteroatoms. The van der Waals surface area contributed by atoms with Gasteiger partial charge in [-0.3, -0.25) is 4.79 Å². The second kappa shape index (κ2) is 9.47. The van der Waals surface area contributed by atoms with Crippen molar-refractivity contribution in [2.45, 2.75) is 39.2 Å². The monoisotopic (exact) mass is 420 g/mol. The number of nitrogens with zero attached hydrogens (tertiary/aromatic N) is 2. The minimum absolute atomic E-state index is 0.230. The Balaban J connectivity index is 1.48. The summed E-state index contributed by atoms with van der Waals surface area (Å²) in [6.45, 7) is 1.57. The van der Waals surface area contributed by atoms with Crippen molar-refractivity contribution in [2.75, 3.05) is 6.61 Å². The molecule has 0 N–H and O–H groups in total. The highest BCUT2D eigenvalue weighted by Gasteiger charge is 2.26. The number of benzene rings is 1. The lowest BCUT2D eigenvalue weighted by atomic mass is 10.0. The standard InChI is InChI=1S/C24H24N2O5/c1-17-22(23(25-31-17)18-9-4-2-5-10-18)24(28)30-16-21(27)26(15-20-13-8-14-29-20)19-11-6-3-7-12-19/h2,4-5,8-11,13-14H,3,6-7,12,15-16H2,1H3. The molecule has 0 saturated carbocycles. The van der Waals surface area contributed by atoms with E-state index in [1.807, 2.05) is 36.4 Å². The van der Waals surface area contributed by atoms with Crippen LogP contribution in [0.1, 0.15) is 47.6 Å². The highest BCUT2D eigenvalue weighted by atomic mass is 16.5. The number of carbonyl (C=O) groups excluding carboxylic acids is 2. The number of rotatable bonds is 7. The number of hydrogen-bond acceptors (Lipinski definition) is 6. The molecule has 1 aliphatic rings. The fourth-order valence-electron chi connectivity index (χ4n) is 3.66. The van der Waals surface area contributed by atoms with E-state index < -0.39 is 5.97 Å². The highest BCUT2D eigenvalue weighted by molar-refractivity contribution is 5.98. The van der Waals surface area contributed by atoms with Crippen LogP contribution >= 0.6 is 0 Å². The van der Waals surface area contributed by atoms with Gasteiger partial charge in [-0.15, -0.1) is 0 Å². The van der Waals surface area contributed by atoms with E-state index in [9.17, 15) is 9.59 Å². The smallest absolute Gasteiger partial charge is 0.344 e. The molecule has 0 radical (unpaired) electrons. The zero-order valence-corrected chi connectivity index (χ0v) is 17.4. The average Bonchev–Trinajstić information content (AvgIpc) is 3.46. The van der Waals surface area contributed by atoms with E-state index >= 15 is 0 Å². The Hall–Kier alpha value is -3.61. The van der Waals surface area contributed by atoms with Gasteiger partial charge in [-0.1, -0.05) is 41.6 Å². The minimum atomic E-state index is -0.637. The summed E-state index contributed by atoms with van der Waals surface area (Å²) in [6, 6.07) is 12.8. The van der Waals surface area contributed by atoms with Gasteiger partial charge in [0.1, 0.15) is 22.8 Å². The fraction of sp³-hybridized carbons (Fsp3) is 0.292. The van der Waals surface area contributed by atoms with Crippen molar-refractivity contribution in [1.29, 1.82) is 0 Å². The molecule has 2 aromatic heterocycles. The first-order chi connectivity index (χ1) is 15.1. The molecule has 160 valence electrons. The third-order valence-electron chi connectivity index (χ3n) is 5.25. The van der Waals surface area contributed by atoms with Crippen LogP contribution in [0, 0.1) is 6.92 Å². The van der Waals surface area contributed by atoms with Crippen molar-refractivity contribution in [3.05, 3.63) is 77.6 Å². The minimum Gasteiger partial charge on any atom is -0.467 e. The van der Waals surface area contributed by atoms with Crippen molar-refractivity contribution in [1.82, 2.24) is 10.1 Å². The van der Waals surface area contributed by atoms with Crippen LogP contribution in [0.5, 0.6) is 0 Å². The number of allylic oxidation sites excluding steroid dienone is 2. The number of ether oxygens (including phenoxy) is 1. The van der Waals surface area contributed by atoms with Crippen molar-refractivity contribution < 1.29 is 23.3 Å². The zero-order chi connectivity index (χ0) is 21.6. The lowest BCUT2D eigenvalue weighted by molar-refractivity contribution is -0.133. The predicted octanol–water partition coefficient (Wildman–Crippen LogP) is 4.89. The molecule has 3 aromatic rings. The highest BCUT2D eigenvalue weighted by Crippen LogP contribution is 2.26. The summed E-state index contributed by atoms with van der Waals surface area (Å²) < 4.78 is 16.0. The van der Waals surface area contributed by atoms with Gasteiger partial charge in [-0.25, -0.2) is 4.79 Å². The Morgan fingerprint density at radius 1 is 1.13 bits per heavy atom. The van der Waals surface area contributed by atoms with E-state index in [2.05, 4.69) is 11.2 Å². The van der Waals surface area contributed by atoms with Gasteiger partial charge < -0.3 is 18.6 Å². The summed E-state index contributed by atoms with van der Waals surface area (Å²) in [6.07, 6.45) is 7.52. The summed E-state index contributed by atoms with van der Waals surface area (Å²) in [4.78, 5) is 27.5. The number of carbonyl (C=O) groups is 2. The lowest BCUT2D eigenvalue weighted by Gasteiger charge is -2.26. The van der Waals surface area contributed by atoms with Crippen molar-refractivity contribution in [3.8, 4) is 11.3 Å². The summed E-state index contributed by atoms with van der Waals surface area (Å²) in [5, 5.41) is 4.00. The number of hydrogen-bond donors (Lipinski definition) is 0. The zero-order valence-electron chi connectivity index (χ0n) is 17.4. The molecule has 0 saturated heterocycles. The van der Waals surface area contributed by atoms with Crippen LogP contribution in [-0.2, 0) is 16.1 Å². The van der Waals surface area contributed by atoms with Crippen LogP contribution in [-0.4, -0.2) is 28.5 Å². The maximum absolute atomic E-state index is 13.0. The first kappa shape index (κ1) is 20.7. The molecule has 2 heterocycles. The SMILES string of the molecule is Cc1onc(-c2ccccc2)c1C(=O)OCC(=O)N(Cc1ccco1)C1=CCCCC1. The molecule has 7 nitrogen and oxygen atoms in total. The second-order valence-electron chi connectivity index (χ2n) is 7.41. The van der Waals surface area contributed by atoms with Crippen LogP contribution in [0.25, 0.3) is 11.3 Å². The molecule has 4 rings (SSSR count). The third-order valence-corrected chi connectivity index (χ3v) is 5.25.